The van der Waals surface area contributed by atoms with E-state index in [4.69, 9.17) is 0 Å². The first-order chi connectivity index (χ1) is 19.1. The van der Waals surface area contributed by atoms with Crippen molar-refractivity contribution >= 4 is 42.5 Å². The molecule has 0 saturated carbocycles. The minimum Gasteiger partial charge on any atom is -0.323 e. The third-order valence-corrected chi connectivity index (χ3v) is 9.18. The van der Waals surface area contributed by atoms with Gasteiger partial charge in [-0.3, -0.25) is 0 Å². The highest BCUT2D eigenvalue weighted by molar-refractivity contribution is 7.90. The fourth-order valence-corrected chi connectivity index (χ4v) is 6.74. The molecule has 10 nitrogen and oxygen atoms in total. The molecule has 3 aromatic carbocycles. The number of nitrogens with one attached hydrogen (secondary N) is 2. The van der Waals surface area contributed by atoms with Gasteiger partial charge < -0.3 is 10.2 Å². The Balaban J connectivity index is 1.30. The van der Waals surface area contributed by atoms with Crippen LogP contribution in [0.3, 0.4) is 0 Å². The molecule has 1 fully saturated rings. The van der Waals surface area contributed by atoms with E-state index in [0.717, 1.165) is 35.3 Å². The number of sulfonamides is 1. The molecular formula is C28H32N6O4S2. The van der Waals surface area contributed by atoms with Crippen molar-refractivity contribution in [3.63, 3.8) is 0 Å². The van der Waals surface area contributed by atoms with Gasteiger partial charge in [-0.05, 0) is 91.5 Å². The first-order valence-corrected chi connectivity index (χ1v) is 16.6. The van der Waals surface area contributed by atoms with Crippen LogP contribution in [0.25, 0.3) is 22.2 Å². The van der Waals surface area contributed by atoms with Crippen molar-refractivity contribution in [3.05, 3.63) is 71.8 Å². The standard InChI is InChI=1S/C28H32N6O4S2/c1-20-17-26-27(18-25(20)24-8-4-3-7-21(24)19-39(2,35)36)32-33-28(31-26)30-22-9-11-23(12-10-22)40(37,38)29-13-16-34-14-5-6-15-34/h3-4,7-12,17-18,29H,5-6,13-16,19H2,1-2H3,(H,30,31,33). The Kier molecular flexibility index (Phi) is 8.13. The fourth-order valence-electron chi connectivity index (χ4n) is 4.90. The summed E-state index contributed by atoms with van der Waals surface area (Å²) in [7, 11) is -6.80. The Morgan fingerprint density at radius 2 is 1.60 bits per heavy atom. The van der Waals surface area contributed by atoms with Crippen LogP contribution in [-0.4, -0.2) is 69.4 Å². The minimum atomic E-state index is -3.60. The molecule has 210 valence electrons. The van der Waals surface area contributed by atoms with Crippen LogP contribution >= 0.6 is 0 Å². The molecule has 0 aliphatic carbocycles. The maximum absolute atomic E-state index is 12.7. The zero-order valence-electron chi connectivity index (χ0n) is 22.5. The molecule has 1 saturated heterocycles. The molecule has 2 heterocycles. The Labute approximate surface area is 234 Å². The highest BCUT2D eigenvalue weighted by atomic mass is 32.2. The van der Waals surface area contributed by atoms with Crippen LogP contribution in [0.4, 0.5) is 11.6 Å². The van der Waals surface area contributed by atoms with Crippen LogP contribution < -0.4 is 10.0 Å². The number of fused-ring (bicyclic) bond motifs is 1. The van der Waals surface area contributed by atoms with Gasteiger partial charge in [-0.1, -0.05) is 24.3 Å². The third kappa shape index (κ3) is 6.81. The summed E-state index contributed by atoms with van der Waals surface area (Å²) in [5.74, 6) is 0.221. The lowest BCUT2D eigenvalue weighted by molar-refractivity contribution is 0.344. The number of likely N-dealkylation sites (tertiary alicyclic amines) is 1. The number of hydrogen-bond donors (Lipinski definition) is 2. The Morgan fingerprint density at radius 3 is 2.33 bits per heavy atom. The van der Waals surface area contributed by atoms with Gasteiger partial charge in [0.25, 0.3) is 0 Å². The van der Waals surface area contributed by atoms with Gasteiger partial charge in [0.15, 0.2) is 9.84 Å². The molecule has 5 rings (SSSR count). The fraction of sp³-hybridized carbons (Fsp3) is 0.321. The summed E-state index contributed by atoms with van der Waals surface area (Å²) in [5, 5.41) is 11.6. The van der Waals surface area contributed by atoms with Gasteiger partial charge in [-0.2, -0.15) is 0 Å². The Morgan fingerprint density at radius 1 is 0.875 bits per heavy atom. The molecule has 0 bridgehead atoms. The van der Waals surface area contributed by atoms with Gasteiger partial charge in [0.2, 0.25) is 16.0 Å². The molecule has 0 amide bonds. The van der Waals surface area contributed by atoms with Crippen molar-refractivity contribution in [2.75, 3.05) is 37.8 Å². The summed E-state index contributed by atoms with van der Waals surface area (Å²) in [6, 6.07) is 17.6. The van der Waals surface area contributed by atoms with E-state index >= 15 is 0 Å². The molecule has 12 heteroatoms. The highest BCUT2D eigenvalue weighted by Crippen LogP contribution is 2.31. The van der Waals surface area contributed by atoms with Gasteiger partial charge in [0.05, 0.1) is 16.2 Å². The van der Waals surface area contributed by atoms with E-state index in [2.05, 4.69) is 30.1 Å². The first-order valence-electron chi connectivity index (χ1n) is 13.1. The van der Waals surface area contributed by atoms with Crippen LogP contribution in [0.1, 0.15) is 24.0 Å². The predicted molar refractivity (Wildman–Crippen MR) is 157 cm³/mol. The molecule has 0 radical (unpaired) electrons. The summed E-state index contributed by atoms with van der Waals surface area (Å²) in [6.07, 6.45) is 3.56. The predicted octanol–water partition coefficient (Wildman–Crippen LogP) is 3.66. The zero-order valence-corrected chi connectivity index (χ0v) is 24.1. The topological polar surface area (TPSA) is 134 Å². The summed E-state index contributed by atoms with van der Waals surface area (Å²) >= 11 is 0. The maximum Gasteiger partial charge on any atom is 0.247 e. The van der Waals surface area contributed by atoms with E-state index < -0.39 is 19.9 Å². The normalized spacial score (nSPS) is 14.6. The van der Waals surface area contributed by atoms with Crippen LogP contribution in [0.5, 0.6) is 0 Å². The smallest absolute Gasteiger partial charge is 0.247 e. The van der Waals surface area contributed by atoms with E-state index in [-0.39, 0.29) is 16.6 Å². The van der Waals surface area contributed by atoms with Crippen molar-refractivity contribution in [1.29, 1.82) is 0 Å². The van der Waals surface area contributed by atoms with Gasteiger partial charge in [0, 0.05) is 25.0 Å². The Bertz CT molecular complexity index is 1740. The van der Waals surface area contributed by atoms with Crippen molar-refractivity contribution in [2.24, 2.45) is 0 Å². The minimum absolute atomic E-state index is 0.0534. The van der Waals surface area contributed by atoms with Crippen LogP contribution in [0.15, 0.2) is 65.6 Å². The van der Waals surface area contributed by atoms with Crippen LogP contribution in [0.2, 0.25) is 0 Å². The molecule has 1 aliphatic heterocycles. The SMILES string of the molecule is Cc1cc2nc(Nc3ccc(S(=O)(=O)NCCN4CCCC4)cc3)nnc2cc1-c1ccccc1CS(C)(=O)=O. The number of sulfone groups is 1. The van der Waals surface area contributed by atoms with Crippen molar-refractivity contribution in [3.8, 4) is 11.1 Å². The summed E-state index contributed by atoms with van der Waals surface area (Å²) in [4.78, 5) is 7.03. The second kappa shape index (κ2) is 11.6. The molecule has 2 N–H and O–H groups in total. The molecule has 4 aromatic rings. The van der Waals surface area contributed by atoms with Crippen LogP contribution in [-0.2, 0) is 25.6 Å². The van der Waals surface area contributed by atoms with Crippen molar-refractivity contribution in [2.45, 2.75) is 30.4 Å². The van der Waals surface area contributed by atoms with E-state index in [1.54, 1.807) is 24.3 Å². The average molecular weight is 581 g/mol. The quantitative estimate of drug-likeness (QED) is 0.288. The number of nitrogens with zero attached hydrogens (tertiary/aromatic N) is 4. The highest BCUT2D eigenvalue weighted by Gasteiger charge is 2.17. The number of anilines is 2. The van der Waals surface area contributed by atoms with Gasteiger partial charge >= 0.3 is 0 Å². The molecule has 0 unspecified atom stereocenters. The number of benzene rings is 3. The maximum atomic E-state index is 12.7. The van der Waals surface area contributed by atoms with Crippen molar-refractivity contribution in [1.82, 2.24) is 24.8 Å². The van der Waals surface area contributed by atoms with E-state index in [0.29, 0.717) is 29.8 Å². The third-order valence-electron chi connectivity index (χ3n) is 6.87. The molecular weight excluding hydrogens is 548 g/mol. The molecule has 40 heavy (non-hydrogen) atoms. The van der Waals surface area contributed by atoms with E-state index in [9.17, 15) is 16.8 Å². The molecule has 0 spiro atoms. The van der Waals surface area contributed by atoms with Gasteiger partial charge in [0.1, 0.15) is 5.52 Å². The summed E-state index contributed by atoms with van der Waals surface area (Å²) in [5.41, 5.74) is 5.17. The largest absolute Gasteiger partial charge is 0.323 e. The van der Waals surface area contributed by atoms with E-state index in [1.807, 2.05) is 43.3 Å². The van der Waals surface area contributed by atoms with Crippen molar-refractivity contribution < 1.29 is 16.8 Å². The van der Waals surface area contributed by atoms with Gasteiger partial charge in [-0.15, -0.1) is 10.2 Å². The molecule has 1 aromatic heterocycles. The number of rotatable bonds is 10. The number of aryl methyl sites for hydroxylation is 1. The number of hydrogen-bond acceptors (Lipinski definition) is 9. The lowest BCUT2D eigenvalue weighted by atomic mass is 9.96. The lowest BCUT2D eigenvalue weighted by Gasteiger charge is -2.15. The monoisotopic (exact) mass is 580 g/mol. The average Bonchev–Trinajstić information content (AvgIpc) is 3.42. The van der Waals surface area contributed by atoms with Crippen LogP contribution in [0, 0.1) is 6.92 Å². The summed E-state index contributed by atoms with van der Waals surface area (Å²) in [6.45, 7) is 5.07. The lowest BCUT2D eigenvalue weighted by Crippen LogP contribution is -2.33. The second-order valence-electron chi connectivity index (χ2n) is 10.1. The van der Waals surface area contributed by atoms with E-state index in [1.165, 1.54) is 19.1 Å². The summed E-state index contributed by atoms with van der Waals surface area (Å²) < 4.78 is 51.9. The Hall–Kier alpha value is -3.45. The second-order valence-corrected chi connectivity index (χ2v) is 14.0. The molecule has 0 atom stereocenters. The zero-order chi connectivity index (χ0) is 28.3. The molecule has 1 aliphatic rings. The van der Waals surface area contributed by atoms with Gasteiger partial charge in [-0.25, -0.2) is 26.5 Å². The first kappa shape index (κ1) is 28.1. The number of aromatic nitrogens is 3.